The van der Waals surface area contributed by atoms with Crippen LogP contribution in [0.15, 0.2) is 60.8 Å². The third-order valence-corrected chi connectivity index (χ3v) is 3.60. The maximum atomic E-state index is 5.64. The summed E-state index contributed by atoms with van der Waals surface area (Å²) in [6.07, 6.45) is 2.66. The summed E-state index contributed by atoms with van der Waals surface area (Å²) in [7, 11) is 0. The first-order chi connectivity index (χ1) is 12.7. The van der Waals surface area contributed by atoms with Crippen LogP contribution >= 0.6 is 0 Å². The highest BCUT2D eigenvalue weighted by atomic mass is 16.5. The van der Waals surface area contributed by atoms with Gasteiger partial charge in [-0.15, -0.1) is 5.10 Å². The lowest BCUT2D eigenvalue weighted by Gasteiger charge is -2.11. The minimum atomic E-state index is 0.157. The van der Waals surface area contributed by atoms with E-state index in [0.717, 1.165) is 24.4 Å². The zero-order valence-corrected chi connectivity index (χ0v) is 15.0. The minimum absolute atomic E-state index is 0.157. The van der Waals surface area contributed by atoms with Crippen molar-refractivity contribution in [3.63, 3.8) is 0 Å². The van der Waals surface area contributed by atoms with Crippen molar-refractivity contribution in [1.29, 1.82) is 0 Å². The van der Waals surface area contributed by atoms with Gasteiger partial charge in [0.15, 0.2) is 5.82 Å². The van der Waals surface area contributed by atoms with E-state index in [9.17, 15) is 0 Å². The average molecular weight is 349 g/mol. The fourth-order valence-electron chi connectivity index (χ4n) is 2.44. The lowest BCUT2D eigenvalue weighted by atomic mass is 10.1. The Morgan fingerprint density at radius 2 is 1.77 bits per heavy atom. The monoisotopic (exact) mass is 349 g/mol. The van der Waals surface area contributed by atoms with Gasteiger partial charge in [0.25, 0.3) is 0 Å². The number of rotatable bonds is 8. The Bertz CT molecular complexity index is 806. The van der Waals surface area contributed by atoms with Crippen molar-refractivity contribution >= 4 is 17.5 Å². The molecule has 0 bridgehead atoms. The van der Waals surface area contributed by atoms with Gasteiger partial charge >= 0.3 is 0 Å². The Morgan fingerprint density at radius 3 is 2.50 bits per heavy atom. The molecule has 0 spiro atoms. The molecule has 0 radical (unpaired) electrons. The number of anilines is 3. The minimum Gasteiger partial charge on any atom is -0.491 e. The molecule has 0 saturated carbocycles. The van der Waals surface area contributed by atoms with E-state index in [0.29, 0.717) is 11.8 Å². The highest BCUT2D eigenvalue weighted by molar-refractivity contribution is 5.57. The first-order valence-corrected chi connectivity index (χ1v) is 8.70. The zero-order chi connectivity index (χ0) is 18.2. The predicted molar refractivity (Wildman–Crippen MR) is 104 cm³/mol. The number of aromatic nitrogens is 3. The molecule has 0 aliphatic carbocycles. The largest absolute Gasteiger partial charge is 0.491 e. The van der Waals surface area contributed by atoms with Crippen LogP contribution in [-0.4, -0.2) is 27.8 Å². The van der Waals surface area contributed by atoms with Crippen LogP contribution in [0.3, 0.4) is 0 Å². The molecule has 3 aromatic rings. The van der Waals surface area contributed by atoms with Crippen LogP contribution in [0.2, 0.25) is 0 Å². The molecule has 0 amide bonds. The van der Waals surface area contributed by atoms with Crippen LogP contribution in [0.25, 0.3) is 0 Å². The highest BCUT2D eigenvalue weighted by Crippen LogP contribution is 2.19. The van der Waals surface area contributed by atoms with E-state index in [1.54, 1.807) is 6.20 Å². The molecule has 0 aliphatic heterocycles. The van der Waals surface area contributed by atoms with E-state index in [1.165, 1.54) is 5.56 Å². The average Bonchev–Trinajstić information content (AvgIpc) is 2.64. The Hall–Kier alpha value is -3.15. The topological polar surface area (TPSA) is 72.0 Å². The fraction of sp³-hybridized carbons (Fsp3) is 0.250. The number of ether oxygens (including phenoxy) is 1. The van der Waals surface area contributed by atoms with E-state index in [2.05, 4.69) is 37.9 Å². The van der Waals surface area contributed by atoms with E-state index in [4.69, 9.17) is 4.74 Å². The van der Waals surface area contributed by atoms with E-state index in [1.807, 2.05) is 56.3 Å². The number of nitrogens with one attached hydrogen (secondary N) is 2. The van der Waals surface area contributed by atoms with Gasteiger partial charge in [-0.05, 0) is 50.1 Å². The number of benzene rings is 2. The molecule has 6 nitrogen and oxygen atoms in total. The fourth-order valence-corrected chi connectivity index (χ4v) is 2.44. The van der Waals surface area contributed by atoms with Crippen LogP contribution in [0, 0.1) is 0 Å². The number of hydrogen-bond acceptors (Lipinski definition) is 6. The SMILES string of the molecule is CC(C)Oc1ccc(Nc2cnnc(NCCc3ccccc3)n2)cc1. The Kier molecular flexibility index (Phi) is 5.98. The first kappa shape index (κ1) is 17.7. The molecule has 2 N–H and O–H groups in total. The molecule has 0 saturated heterocycles. The summed E-state index contributed by atoms with van der Waals surface area (Å²) in [5.74, 6) is 1.99. The molecule has 0 fully saturated rings. The third kappa shape index (κ3) is 5.44. The van der Waals surface area contributed by atoms with Crippen molar-refractivity contribution in [2.24, 2.45) is 0 Å². The van der Waals surface area contributed by atoms with Gasteiger partial charge in [0.1, 0.15) is 5.75 Å². The van der Waals surface area contributed by atoms with Gasteiger partial charge in [-0.3, -0.25) is 0 Å². The molecule has 0 unspecified atom stereocenters. The molecule has 6 heteroatoms. The number of hydrogen-bond donors (Lipinski definition) is 2. The predicted octanol–water partition coefficient (Wildman–Crippen LogP) is 4.06. The quantitative estimate of drug-likeness (QED) is 0.639. The molecular formula is C20H23N5O. The summed E-state index contributed by atoms with van der Waals surface area (Å²) in [5.41, 5.74) is 2.18. The Balaban J connectivity index is 1.55. The normalized spacial score (nSPS) is 10.6. The van der Waals surface area contributed by atoms with Crippen molar-refractivity contribution < 1.29 is 4.74 Å². The van der Waals surface area contributed by atoms with Crippen molar-refractivity contribution in [3.05, 3.63) is 66.4 Å². The summed E-state index contributed by atoms with van der Waals surface area (Å²) in [6, 6.07) is 18.0. The molecule has 26 heavy (non-hydrogen) atoms. The van der Waals surface area contributed by atoms with Crippen molar-refractivity contribution in [1.82, 2.24) is 15.2 Å². The van der Waals surface area contributed by atoms with Gasteiger partial charge in [0.05, 0.1) is 12.3 Å². The van der Waals surface area contributed by atoms with Crippen LogP contribution in [0.5, 0.6) is 5.75 Å². The molecule has 0 aliphatic rings. The molecular weight excluding hydrogens is 326 g/mol. The van der Waals surface area contributed by atoms with Gasteiger partial charge in [-0.1, -0.05) is 30.3 Å². The van der Waals surface area contributed by atoms with Crippen molar-refractivity contribution in [3.8, 4) is 5.75 Å². The zero-order valence-electron chi connectivity index (χ0n) is 15.0. The van der Waals surface area contributed by atoms with E-state index in [-0.39, 0.29) is 6.10 Å². The second-order valence-electron chi connectivity index (χ2n) is 6.14. The third-order valence-electron chi connectivity index (χ3n) is 3.60. The maximum Gasteiger partial charge on any atom is 0.244 e. The summed E-state index contributed by atoms with van der Waals surface area (Å²) in [6.45, 7) is 4.76. The van der Waals surface area contributed by atoms with Crippen LogP contribution in [-0.2, 0) is 6.42 Å². The molecule has 3 rings (SSSR count). The molecule has 134 valence electrons. The first-order valence-electron chi connectivity index (χ1n) is 8.70. The summed E-state index contributed by atoms with van der Waals surface area (Å²) >= 11 is 0. The molecule has 1 heterocycles. The highest BCUT2D eigenvalue weighted by Gasteiger charge is 2.03. The lowest BCUT2D eigenvalue weighted by molar-refractivity contribution is 0.242. The van der Waals surface area contributed by atoms with Crippen LogP contribution < -0.4 is 15.4 Å². The van der Waals surface area contributed by atoms with Gasteiger partial charge in [-0.25, -0.2) is 0 Å². The second-order valence-corrected chi connectivity index (χ2v) is 6.14. The molecule has 1 aromatic heterocycles. The summed E-state index contributed by atoms with van der Waals surface area (Å²) in [4.78, 5) is 4.44. The number of nitrogens with zero attached hydrogens (tertiary/aromatic N) is 3. The van der Waals surface area contributed by atoms with Gasteiger partial charge in [0.2, 0.25) is 5.95 Å². The standard InChI is InChI=1S/C20H23N5O/c1-15(2)26-18-10-8-17(9-11-18)23-19-14-22-25-20(24-19)21-13-12-16-6-4-3-5-7-16/h3-11,14-15H,12-13H2,1-2H3,(H2,21,23,24,25). The second kappa shape index (κ2) is 8.80. The summed E-state index contributed by atoms with van der Waals surface area (Å²) in [5, 5.41) is 14.5. The van der Waals surface area contributed by atoms with Crippen LogP contribution in [0.4, 0.5) is 17.5 Å². The Labute approximate surface area is 153 Å². The van der Waals surface area contributed by atoms with Gasteiger partial charge in [0, 0.05) is 12.2 Å². The van der Waals surface area contributed by atoms with E-state index >= 15 is 0 Å². The smallest absolute Gasteiger partial charge is 0.244 e. The molecule has 0 atom stereocenters. The maximum absolute atomic E-state index is 5.64. The van der Waals surface area contributed by atoms with Gasteiger partial charge in [-0.2, -0.15) is 10.1 Å². The van der Waals surface area contributed by atoms with Crippen LogP contribution in [0.1, 0.15) is 19.4 Å². The van der Waals surface area contributed by atoms with Crippen molar-refractivity contribution in [2.45, 2.75) is 26.4 Å². The van der Waals surface area contributed by atoms with E-state index < -0.39 is 0 Å². The Morgan fingerprint density at radius 1 is 1.00 bits per heavy atom. The van der Waals surface area contributed by atoms with Gasteiger partial charge < -0.3 is 15.4 Å². The molecule has 2 aromatic carbocycles. The van der Waals surface area contributed by atoms with Crippen molar-refractivity contribution in [2.75, 3.05) is 17.2 Å². The lowest BCUT2D eigenvalue weighted by Crippen LogP contribution is -2.09. The summed E-state index contributed by atoms with van der Waals surface area (Å²) < 4.78 is 5.64.